The highest BCUT2D eigenvalue weighted by molar-refractivity contribution is 6.00. The maximum Gasteiger partial charge on any atom is 0.340 e. The van der Waals surface area contributed by atoms with E-state index in [9.17, 15) is 14.4 Å². The number of nitrogens with zero attached hydrogens (tertiary/aromatic N) is 1. The van der Waals surface area contributed by atoms with Gasteiger partial charge in [0.15, 0.2) is 0 Å². The maximum atomic E-state index is 12.6. The van der Waals surface area contributed by atoms with E-state index in [1.165, 1.54) is 0 Å². The minimum absolute atomic E-state index is 0.0335. The van der Waals surface area contributed by atoms with Gasteiger partial charge in [0.25, 0.3) is 0 Å². The van der Waals surface area contributed by atoms with Crippen LogP contribution in [0.2, 0.25) is 0 Å². The first-order chi connectivity index (χ1) is 14.4. The average Bonchev–Trinajstić information content (AvgIpc) is 3.29. The zero-order valence-corrected chi connectivity index (χ0v) is 17.6. The van der Waals surface area contributed by atoms with E-state index in [1.54, 1.807) is 6.26 Å². The molecule has 7 heteroatoms. The zero-order chi connectivity index (χ0) is 21.4. The molecule has 1 N–H and O–H groups in total. The Bertz CT molecular complexity index is 1200. The first-order valence-corrected chi connectivity index (χ1v) is 10.3. The Kier molecular flexibility index (Phi) is 5.37. The molecule has 1 aromatic carbocycles. The molecule has 1 fully saturated rings. The van der Waals surface area contributed by atoms with Crippen molar-refractivity contribution in [3.8, 4) is 0 Å². The molecule has 3 heterocycles. The smallest absolute Gasteiger partial charge is 0.340 e. The molecule has 158 valence electrons. The molecule has 1 aliphatic rings. The van der Waals surface area contributed by atoms with E-state index in [1.807, 2.05) is 31.7 Å². The van der Waals surface area contributed by atoms with Crippen molar-refractivity contribution in [2.75, 3.05) is 19.6 Å². The van der Waals surface area contributed by atoms with Crippen LogP contribution in [0.5, 0.6) is 0 Å². The lowest BCUT2D eigenvalue weighted by molar-refractivity contribution is -0.127. The van der Waals surface area contributed by atoms with Gasteiger partial charge in [0.05, 0.1) is 18.2 Å². The summed E-state index contributed by atoms with van der Waals surface area (Å²) in [5.74, 6) is -0.0437. The fourth-order valence-electron chi connectivity index (χ4n) is 4.18. The third-order valence-electron chi connectivity index (χ3n) is 5.97. The lowest BCUT2D eigenvalue weighted by Crippen LogP contribution is -2.32. The van der Waals surface area contributed by atoms with Gasteiger partial charge < -0.3 is 19.1 Å². The number of carbonyl (C=O) groups excluding carboxylic acids is 2. The van der Waals surface area contributed by atoms with Crippen molar-refractivity contribution < 1.29 is 18.4 Å². The standard InChI is InChI=1S/C23H26N2O5/c1-13-12-29-21-15(3)22-17(10-16(13)21)14(2)18(23(28)30-22)11-19(26)24-7-5-9-25-8-4-6-20(25)27/h10,12H,4-9,11H2,1-3H3,(H,24,26). The number of fused-ring (bicyclic) bond motifs is 2. The van der Waals surface area contributed by atoms with Crippen LogP contribution in [0.4, 0.5) is 0 Å². The predicted molar refractivity (Wildman–Crippen MR) is 114 cm³/mol. The van der Waals surface area contributed by atoms with E-state index in [2.05, 4.69) is 5.32 Å². The van der Waals surface area contributed by atoms with Gasteiger partial charge in [-0.2, -0.15) is 0 Å². The van der Waals surface area contributed by atoms with Crippen LogP contribution < -0.4 is 10.9 Å². The molecule has 2 amide bonds. The molecule has 0 radical (unpaired) electrons. The second-order valence-corrected chi connectivity index (χ2v) is 8.03. The number of carbonyl (C=O) groups is 2. The van der Waals surface area contributed by atoms with Gasteiger partial charge in [-0.3, -0.25) is 9.59 Å². The number of furan rings is 1. The molecule has 0 unspecified atom stereocenters. The minimum atomic E-state index is -0.497. The molecule has 3 aromatic rings. The van der Waals surface area contributed by atoms with Gasteiger partial charge in [0.2, 0.25) is 11.8 Å². The number of hydrogen-bond donors (Lipinski definition) is 1. The van der Waals surface area contributed by atoms with Crippen molar-refractivity contribution in [2.45, 2.75) is 46.5 Å². The molecule has 0 aliphatic carbocycles. The number of amides is 2. The van der Waals surface area contributed by atoms with E-state index in [0.717, 1.165) is 40.4 Å². The molecule has 1 aliphatic heterocycles. The number of benzene rings is 1. The fraction of sp³-hybridized carbons (Fsp3) is 0.435. The fourth-order valence-corrected chi connectivity index (χ4v) is 4.18. The van der Waals surface area contributed by atoms with Crippen molar-refractivity contribution in [3.63, 3.8) is 0 Å². The SMILES string of the molecule is Cc1coc2c(C)c3oc(=O)c(CC(=O)NCCCN4CCCC4=O)c(C)c3cc12. The van der Waals surface area contributed by atoms with Crippen LogP contribution in [-0.4, -0.2) is 36.3 Å². The van der Waals surface area contributed by atoms with Crippen LogP contribution in [0.25, 0.3) is 21.9 Å². The second-order valence-electron chi connectivity index (χ2n) is 8.03. The van der Waals surface area contributed by atoms with Crippen LogP contribution in [-0.2, 0) is 16.0 Å². The van der Waals surface area contributed by atoms with E-state index in [4.69, 9.17) is 8.83 Å². The first kappa shape index (κ1) is 20.2. The predicted octanol–water partition coefficient (Wildman–Crippen LogP) is 3.14. The molecular weight excluding hydrogens is 384 g/mol. The summed E-state index contributed by atoms with van der Waals surface area (Å²) in [5.41, 5.74) is 3.63. The minimum Gasteiger partial charge on any atom is -0.464 e. The van der Waals surface area contributed by atoms with Crippen molar-refractivity contribution in [1.29, 1.82) is 0 Å². The molecule has 0 saturated carbocycles. The molecule has 0 atom stereocenters. The highest BCUT2D eigenvalue weighted by Gasteiger charge is 2.20. The molecule has 1 saturated heterocycles. The zero-order valence-electron chi connectivity index (χ0n) is 17.6. The van der Waals surface area contributed by atoms with Crippen LogP contribution >= 0.6 is 0 Å². The quantitative estimate of drug-likeness (QED) is 0.498. The van der Waals surface area contributed by atoms with Gasteiger partial charge in [-0.15, -0.1) is 0 Å². The Hall–Kier alpha value is -3.09. The molecule has 0 bridgehead atoms. The molecule has 2 aromatic heterocycles. The third kappa shape index (κ3) is 3.60. The first-order valence-electron chi connectivity index (χ1n) is 10.3. The topological polar surface area (TPSA) is 92.8 Å². The Labute approximate surface area is 174 Å². The summed E-state index contributed by atoms with van der Waals surface area (Å²) in [5, 5.41) is 4.64. The van der Waals surface area contributed by atoms with E-state index < -0.39 is 5.63 Å². The Morgan fingerprint density at radius 2 is 1.93 bits per heavy atom. The Balaban J connectivity index is 1.50. The lowest BCUT2D eigenvalue weighted by Gasteiger charge is -2.15. The molecule has 4 rings (SSSR count). The van der Waals surface area contributed by atoms with Crippen LogP contribution in [0, 0.1) is 20.8 Å². The Morgan fingerprint density at radius 3 is 2.67 bits per heavy atom. The van der Waals surface area contributed by atoms with E-state index in [-0.39, 0.29) is 18.2 Å². The van der Waals surface area contributed by atoms with Crippen LogP contribution in [0.15, 0.2) is 26.0 Å². The second kappa shape index (κ2) is 7.97. The normalized spacial score (nSPS) is 14.2. The van der Waals surface area contributed by atoms with Crippen molar-refractivity contribution in [3.05, 3.63) is 45.0 Å². The molecular formula is C23H26N2O5. The third-order valence-corrected chi connectivity index (χ3v) is 5.97. The summed E-state index contributed by atoms with van der Waals surface area (Å²) in [6.45, 7) is 7.60. The van der Waals surface area contributed by atoms with E-state index in [0.29, 0.717) is 42.7 Å². The maximum absolute atomic E-state index is 12.6. The summed E-state index contributed by atoms with van der Waals surface area (Å²) in [7, 11) is 0. The average molecular weight is 410 g/mol. The summed E-state index contributed by atoms with van der Waals surface area (Å²) in [4.78, 5) is 38.5. The molecule has 30 heavy (non-hydrogen) atoms. The van der Waals surface area contributed by atoms with Crippen molar-refractivity contribution in [1.82, 2.24) is 10.2 Å². The number of rotatable bonds is 6. The van der Waals surface area contributed by atoms with Crippen molar-refractivity contribution >= 4 is 33.8 Å². The van der Waals surface area contributed by atoms with Crippen LogP contribution in [0.1, 0.15) is 41.5 Å². The highest BCUT2D eigenvalue weighted by atomic mass is 16.4. The summed E-state index contributed by atoms with van der Waals surface area (Å²) < 4.78 is 11.2. The number of likely N-dealkylation sites (tertiary alicyclic amines) is 1. The lowest BCUT2D eigenvalue weighted by atomic mass is 9.99. The molecule has 7 nitrogen and oxygen atoms in total. The van der Waals surface area contributed by atoms with Gasteiger partial charge in [-0.1, -0.05) is 0 Å². The number of nitrogens with one attached hydrogen (secondary N) is 1. The number of aryl methyl sites for hydroxylation is 3. The molecule has 0 spiro atoms. The monoisotopic (exact) mass is 410 g/mol. The summed E-state index contributed by atoms with van der Waals surface area (Å²) in [6.07, 6.45) is 3.88. The van der Waals surface area contributed by atoms with E-state index >= 15 is 0 Å². The van der Waals surface area contributed by atoms with Crippen molar-refractivity contribution in [2.24, 2.45) is 0 Å². The van der Waals surface area contributed by atoms with Gasteiger partial charge >= 0.3 is 5.63 Å². The highest BCUT2D eigenvalue weighted by Crippen LogP contribution is 2.32. The van der Waals surface area contributed by atoms with Gasteiger partial charge in [0, 0.05) is 42.4 Å². The van der Waals surface area contributed by atoms with Gasteiger partial charge in [0.1, 0.15) is 11.2 Å². The van der Waals surface area contributed by atoms with Gasteiger partial charge in [-0.05, 0) is 50.8 Å². The summed E-state index contributed by atoms with van der Waals surface area (Å²) in [6, 6.07) is 1.96. The number of hydrogen-bond acceptors (Lipinski definition) is 5. The largest absolute Gasteiger partial charge is 0.464 e. The van der Waals surface area contributed by atoms with Crippen LogP contribution in [0.3, 0.4) is 0 Å². The van der Waals surface area contributed by atoms with Gasteiger partial charge in [-0.25, -0.2) is 4.79 Å². The Morgan fingerprint density at radius 1 is 1.13 bits per heavy atom. The summed E-state index contributed by atoms with van der Waals surface area (Å²) >= 11 is 0.